The van der Waals surface area contributed by atoms with Crippen LogP contribution < -0.4 is 10.1 Å². The van der Waals surface area contributed by atoms with E-state index in [1.54, 1.807) is 0 Å². The van der Waals surface area contributed by atoms with E-state index in [0.29, 0.717) is 0 Å². The number of benzene rings is 1. The highest BCUT2D eigenvalue weighted by Crippen LogP contribution is 2.55. The number of hydrogen-bond acceptors (Lipinski definition) is 6. The van der Waals surface area contributed by atoms with E-state index in [4.69, 9.17) is 14.2 Å². The van der Waals surface area contributed by atoms with Gasteiger partial charge in [0.2, 0.25) is 5.82 Å². The summed E-state index contributed by atoms with van der Waals surface area (Å²) >= 11 is 0. The molecular weight excluding hydrogens is 479 g/mol. The molecule has 5 atom stereocenters. The van der Waals surface area contributed by atoms with E-state index in [1.165, 1.54) is 32.4 Å². The summed E-state index contributed by atoms with van der Waals surface area (Å²) in [5.74, 6) is -6.90. The molecule has 1 aromatic carbocycles. The Morgan fingerprint density at radius 3 is 2.54 bits per heavy atom. The third kappa shape index (κ3) is 4.82. The number of aromatic nitrogens is 1. The maximum absolute atomic E-state index is 14.4. The molecular formula is C23H25F5N2O5. The van der Waals surface area contributed by atoms with Crippen LogP contribution in [0, 0.1) is 17.6 Å². The number of anilines is 1. The van der Waals surface area contributed by atoms with Crippen LogP contribution in [-0.2, 0) is 14.3 Å². The summed E-state index contributed by atoms with van der Waals surface area (Å²) in [6.45, 7) is 1.63. The van der Waals surface area contributed by atoms with Gasteiger partial charge in [-0.25, -0.2) is 4.39 Å². The van der Waals surface area contributed by atoms with Gasteiger partial charge in [-0.15, -0.1) is 0 Å². The third-order valence-electron chi connectivity index (χ3n) is 6.40. The van der Waals surface area contributed by atoms with Crippen molar-refractivity contribution >= 4 is 11.6 Å². The minimum Gasteiger partial charge on any atom is -0.493 e. The third-order valence-corrected chi connectivity index (χ3v) is 6.40. The zero-order chi connectivity index (χ0) is 26.1. The molecule has 0 unspecified atom stereocenters. The summed E-state index contributed by atoms with van der Waals surface area (Å²) < 4.78 is 85.7. The van der Waals surface area contributed by atoms with Gasteiger partial charge in [-0.3, -0.25) is 9.78 Å². The van der Waals surface area contributed by atoms with Gasteiger partial charge in [-0.05, 0) is 25.1 Å². The molecule has 1 aliphatic rings. The lowest BCUT2D eigenvalue weighted by Gasteiger charge is -2.32. The maximum Gasteiger partial charge on any atom is 0.417 e. The molecule has 1 fully saturated rings. The zero-order valence-electron chi connectivity index (χ0n) is 19.3. The van der Waals surface area contributed by atoms with E-state index in [-0.39, 0.29) is 16.9 Å². The van der Waals surface area contributed by atoms with Crippen molar-refractivity contribution < 1.29 is 46.1 Å². The molecule has 0 radical (unpaired) electrons. The van der Waals surface area contributed by atoms with Crippen molar-refractivity contribution in [3.8, 4) is 5.75 Å². The van der Waals surface area contributed by atoms with Gasteiger partial charge < -0.3 is 24.6 Å². The predicted octanol–water partition coefficient (Wildman–Crippen LogP) is 4.13. The number of nitrogens with one attached hydrogen (secondary N) is 1. The second kappa shape index (κ2) is 10.0. The second-order valence-electron chi connectivity index (χ2n) is 8.31. The number of pyridine rings is 1. The minimum atomic E-state index is -4.87. The van der Waals surface area contributed by atoms with Crippen LogP contribution in [0.25, 0.3) is 0 Å². The molecule has 0 saturated carbocycles. The predicted molar refractivity (Wildman–Crippen MR) is 114 cm³/mol. The van der Waals surface area contributed by atoms with Gasteiger partial charge in [0.1, 0.15) is 12.2 Å². The van der Waals surface area contributed by atoms with Crippen molar-refractivity contribution in [3.63, 3.8) is 0 Å². The van der Waals surface area contributed by atoms with Crippen LogP contribution in [0.15, 0.2) is 30.5 Å². The summed E-state index contributed by atoms with van der Waals surface area (Å²) in [5, 5.41) is 11.9. The highest BCUT2D eigenvalue weighted by molar-refractivity contribution is 5.95. The van der Waals surface area contributed by atoms with E-state index in [1.807, 2.05) is 0 Å². The van der Waals surface area contributed by atoms with E-state index < -0.39 is 65.7 Å². The number of halogens is 5. The average molecular weight is 504 g/mol. The number of amides is 1. The first-order valence-electron chi connectivity index (χ1n) is 10.6. The van der Waals surface area contributed by atoms with Gasteiger partial charge in [-0.1, -0.05) is 13.0 Å². The van der Waals surface area contributed by atoms with Crippen LogP contribution in [0.2, 0.25) is 0 Å². The van der Waals surface area contributed by atoms with E-state index >= 15 is 0 Å². The fraction of sp³-hybridized carbons (Fsp3) is 0.478. The Morgan fingerprint density at radius 2 is 1.97 bits per heavy atom. The number of ether oxygens (including phenoxy) is 3. The highest BCUT2D eigenvalue weighted by Gasteiger charge is 2.65. The van der Waals surface area contributed by atoms with Gasteiger partial charge in [0.25, 0.3) is 5.91 Å². The van der Waals surface area contributed by atoms with Crippen molar-refractivity contribution in [3.05, 3.63) is 53.4 Å². The molecule has 35 heavy (non-hydrogen) atoms. The Kier molecular flexibility index (Phi) is 7.68. The molecule has 0 aliphatic carbocycles. The van der Waals surface area contributed by atoms with Gasteiger partial charge in [0, 0.05) is 36.4 Å². The topological polar surface area (TPSA) is 89.9 Å². The van der Waals surface area contributed by atoms with Gasteiger partial charge >= 0.3 is 6.18 Å². The van der Waals surface area contributed by atoms with Gasteiger partial charge in [-0.2, -0.15) is 17.6 Å². The van der Waals surface area contributed by atoms with Crippen molar-refractivity contribution in [2.24, 2.45) is 5.92 Å². The normalized spacial score (nSPS) is 25.4. The lowest BCUT2D eigenvalue weighted by molar-refractivity contribution is -0.272. The van der Waals surface area contributed by atoms with Crippen LogP contribution in [-0.4, -0.2) is 54.7 Å². The first-order chi connectivity index (χ1) is 16.4. The molecule has 3 rings (SSSR count). The number of nitrogens with zero attached hydrogens (tertiary/aromatic N) is 1. The number of aliphatic hydroxyl groups is 1. The van der Waals surface area contributed by atoms with Gasteiger partial charge in [0.05, 0.1) is 19.4 Å². The molecule has 2 N–H and O–H groups in total. The molecule has 0 spiro atoms. The first kappa shape index (κ1) is 26.8. The Balaban J connectivity index is 2.04. The van der Waals surface area contributed by atoms with E-state index in [9.17, 15) is 31.9 Å². The Bertz CT molecular complexity index is 1080. The summed E-state index contributed by atoms with van der Waals surface area (Å²) in [6.07, 6.45) is -6.08. The number of alkyl halides is 3. The van der Waals surface area contributed by atoms with Crippen LogP contribution in [0.3, 0.4) is 0 Å². The SMILES string of the molecule is COc1c([C@H]2[C@H](C(=O)Nc3ccnc([C@@H](CO)OC)c3)O[C@@](C)(C(F)(F)F)[C@H]2C)ccc(F)c1F. The van der Waals surface area contributed by atoms with Crippen LogP contribution in [0.4, 0.5) is 27.6 Å². The quantitative estimate of drug-likeness (QED) is 0.552. The first-order valence-corrected chi connectivity index (χ1v) is 10.6. The van der Waals surface area contributed by atoms with Crippen LogP contribution in [0.5, 0.6) is 5.75 Å². The van der Waals surface area contributed by atoms with Crippen molar-refractivity contribution in [1.29, 1.82) is 0 Å². The van der Waals surface area contributed by atoms with E-state index in [2.05, 4.69) is 10.3 Å². The number of methoxy groups -OCH3 is 2. The van der Waals surface area contributed by atoms with E-state index in [0.717, 1.165) is 26.2 Å². The molecule has 2 aromatic rings. The zero-order valence-corrected chi connectivity index (χ0v) is 19.3. The van der Waals surface area contributed by atoms with Crippen LogP contribution >= 0.6 is 0 Å². The van der Waals surface area contributed by atoms with Crippen molar-refractivity contribution in [2.75, 3.05) is 26.1 Å². The lowest BCUT2D eigenvalue weighted by atomic mass is 9.77. The molecule has 0 bridgehead atoms. The summed E-state index contributed by atoms with van der Waals surface area (Å²) in [6, 6.07) is 4.61. The Labute approximate surface area is 198 Å². The Hall–Kier alpha value is -2.83. The number of carbonyl (C=O) groups excluding carboxylic acids is 1. The molecule has 2 heterocycles. The molecule has 1 aliphatic heterocycles. The largest absolute Gasteiger partial charge is 0.493 e. The van der Waals surface area contributed by atoms with Crippen molar-refractivity contribution in [1.82, 2.24) is 4.98 Å². The summed E-state index contributed by atoms with van der Waals surface area (Å²) in [5.41, 5.74) is -2.48. The molecule has 7 nitrogen and oxygen atoms in total. The number of aliphatic hydroxyl groups excluding tert-OH is 1. The maximum atomic E-state index is 14.4. The Morgan fingerprint density at radius 1 is 1.29 bits per heavy atom. The summed E-state index contributed by atoms with van der Waals surface area (Å²) in [4.78, 5) is 17.3. The lowest BCUT2D eigenvalue weighted by Crippen LogP contribution is -2.47. The molecule has 1 amide bonds. The average Bonchev–Trinajstić information content (AvgIpc) is 3.08. The van der Waals surface area contributed by atoms with Crippen molar-refractivity contribution in [2.45, 2.75) is 43.8 Å². The second-order valence-corrected chi connectivity index (χ2v) is 8.31. The fourth-order valence-corrected chi connectivity index (χ4v) is 4.24. The minimum absolute atomic E-state index is 0.137. The number of rotatable bonds is 7. The fourth-order valence-electron chi connectivity index (χ4n) is 4.24. The van der Waals surface area contributed by atoms with Gasteiger partial charge in [0.15, 0.2) is 17.2 Å². The van der Waals surface area contributed by atoms with Crippen LogP contribution in [0.1, 0.15) is 37.1 Å². The highest BCUT2D eigenvalue weighted by atomic mass is 19.4. The smallest absolute Gasteiger partial charge is 0.417 e. The number of carbonyl (C=O) groups is 1. The molecule has 192 valence electrons. The molecule has 1 aromatic heterocycles. The number of hydrogen-bond donors (Lipinski definition) is 2. The molecule has 1 saturated heterocycles. The summed E-state index contributed by atoms with van der Waals surface area (Å²) in [7, 11) is 2.39. The standard InChI is InChI=1S/C23H25F5N2O5/c1-11-17(13-5-6-14(24)18(25)19(13)34-4)20(35-22(11,2)23(26,27)28)21(32)30-12-7-8-29-15(9-12)16(10-31)33-3/h5-9,11,16-17,20,31H,10H2,1-4H3,(H,29,30,32)/t11-,16+,17-,20+,22+/m0/s1. The molecule has 12 heteroatoms. The monoisotopic (exact) mass is 504 g/mol.